The van der Waals surface area contributed by atoms with Gasteiger partial charge in [0.05, 0.1) is 0 Å². The van der Waals surface area contributed by atoms with Gasteiger partial charge in [0.2, 0.25) is 0 Å². The van der Waals surface area contributed by atoms with Crippen molar-refractivity contribution in [3.05, 3.63) is 0 Å². The van der Waals surface area contributed by atoms with Crippen LogP contribution in [0.4, 0.5) is 0 Å². The van der Waals surface area contributed by atoms with Crippen LogP contribution in [-0.2, 0) is 0 Å². The summed E-state index contributed by atoms with van der Waals surface area (Å²) < 4.78 is 0. The van der Waals surface area contributed by atoms with Crippen molar-refractivity contribution in [3.63, 3.8) is 0 Å². The molecule has 0 bridgehead atoms. The van der Waals surface area contributed by atoms with Crippen LogP contribution in [0.2, 0.25) is 0 Å². The maximum atomic E-state index is 2.50. The molecule has 1 aliphatic carbocycles. The summed E-state index contributed by atoms with van der Waals surface area (Å²) in [7, 11) is 0. The van der Waals surface area contributed by atoms with Crippen LogP contribution in [0.5, 0.6) is 0 Å². The van der Waals surface area contributed by atoms with Gasteiger partial charge >= 0.3 is 0 Å². The van der Waals surface area contributed by atoms with Crippen LogP contribution in [0, 0.1) is 28.6 Å². The minimum absolute atomic E-state index is 0.509. The molecular formula is C14H28. The van der Waals surface area contributed by atoms with Crippen LogP contribution in [-0.4, -0.2) is 0 Å². The van der Waals surface area contributed by atoms with E-state index in [-0.39, 0.29) is 0 Å². The van der Waals surface area contributed by atoms with E-state index in [1.54, 1.807) is 0 Å². The van der Waals surface area contributed by atoms with E-state index >= 15 is 0 Å². The lowest BCUT2D eigenvalue weighted by Gasteiger charge is -2.46. The highest BCUT2D eigenvalue weighted by molar-refractivity contribution is 5.02. The Kier molecular flexibility index (Phi) is 3.05. The summed E-state index contributed by atoms with van der Waals surface area (Å²) in [5, 5.41) is 0. The molecule has 0 aromatic rings. The zero-order valence-corrected chi connectivity index (χ0v) is 11.1. The van der Waals surface area contributed by atoms with Gasteiger partial charge in [-0.25, -0.2) is 0 Å². The Labute approximate surface area is 90.5 Å². The van der Waals surface area contributed by atoms with Crippen molar-refractivity contribution in [1.29, 1.82) is 0 Å². The summed E-state index contributed by atoms with van der Waals surface area (Å²) in [4.78, 5) is 0. The Balaban J connectivity index is 2.96. The molecule has 0 aliphatic heterocycles. The minimum atomic E-state index is 0.509. The van der Waals surface area contributed by atoms with Gasteiger partial charge in [0, 0.05) is 0 Å². The fourth-order valence-electron chi connectivity index (χ4n) is 3.76. The monoisotopic (exact) mass is 196 g/mol. The number of rotatable bonds is 2. The largest absolute Gasteiger partial charge is 0.0625 e. The molecule has 0 radical (unpaired) electrons. The lowest BCUT2D eigenvalue weighted by atomic mass is 9.59. The van der Waals surface area contributed by atoms with Gasteiger partial charge in [0.25, 0.3) is 0 Å². The average Bonchev–Trinajstić information content (AvgIpc) is 2.24. The van der Waals surface area contributed by atoms with E-state index in [1.165, 1.54) is 12.8 Å². The Morgan fingerprint density at radius 2 is 1.50 bits per heavy atom. The quantitative estimate of drug-likeness (QED) is 0.598. The molecule has 0 saturated heterocycles. The van der Waals surface area contributed by atoms with Crippen molar-refractivity contribution >= 4 is 0 Å². The molecular weight excluding hydrogens is 168 g/mol. The third kappa shape index (κ3) is 1.51. The van der Waals surface area contributed by atoms with Crippen molar-refractivity contribution in [2.24, 2.45) is 28.6 Å². The van der Waals surface area contributed by atoms with Crippen molar-refractivity contribution in [3.8, 4) is 0 Å². The van der Waals surface area contributed by atoms with Gasteiger partial charge in [-0.1, -0.05) is 48.5 Å². The summed E-state index contributed by atoms with van der Waals surface area (Å²) in [6.45, 7) is 17.0. The molecule has 0 heteroatoms. The maximum absolute atomic E-state index is 2.50. The van der Waals surface area contributed by atoms with Crippen LogP contribution < -0.4 is 0 Å². The van der Waals surface area contributed by atoms with E-state index < -0.39 is 0 Å². The van der Waals surface area contributed by atoms with E-state index in [9.17, 15) is 0 Å². The molecule has 0 amide bonds. The molecule has 0 heterocycles. The molecule has 84 valence electrons. The maximum Gasteiger partial charge on any atom is -0.0249 e. The fraction of sp³-hybridized carbons (Fsp3) is 1.00. The second-order valence-electron chi connectivity index (χ2n) is 6.68. The SMILES string of the molecule is CC(C)[C@@H]1CC[C@](C)(C(C)C)C1(C)C. The summed E-state index contributed by atoms with van der Waals surface area (Å²) in [5.74, 6) is 2.56. The number of hydrogen-bond donors (Lipinski definition) is 0. The highest BCUT2D eigenvalue weighted by Gasteiger charge is 2.53. The topological polar surface area (TPSA) is 0 Å². The van der Waals surface area contributed by atoms with E-state index in [4.69, 9.17) is 0 Å². The second-order valence-corrected chi connectivity index (χ2v) is 6.68. The van der Waals surface area contributed by atoms with Crippen LogP contribution in [0.25, 0.3) is 0 Å². The van der Waals surface area contributed by atoms with Gasteiger partial charge in [-0.3, -0.25) is 0 Å². The van der Waals surface area contributed by atoms with Gasteiger partial charge in [0.15, 0.2) is 0 Å². The minimum Gasteiger partial charge on any atom is -0.0625 e. The van der Waals surface area contributed by atoms with E-state index in [1.807, 2.05) is 0 Å². The highest BCUT2D eigenvalue weighted by Crippen LogP contribution is 2.61. The number of hydrogen-bond acceptors (Lipinski definition) is 0. The first-order valence-electron chi connectivity index (χ1n) is 6.23. The van der Waals surface area contributed by atoms with Crippen molar-refractivity contribution < 1.29 is 0 Å². The predicted octanol–water partition coefficient (Wildman–Crippen LogP) is 4.74. The van der Waals surface area contributed by atoms with E-state index in [0.29, 0.717) is 10.8 Å². The molecule has 14 heavy (non-hydrogen) atoms. The first-order chi connectivity index (χ1) is 6.23. The van der Waals surface area contributed by atoms with Gasteiger partial charge in [0.1, 0.15) is 0 Å². The second kappa shape index (κ2) is 3.54. The molecule has 0 unspecified atom stereocenters. The summed E-state index contributed by atoms with van der Waals surface area (Å²) in [5.41, 5.74) is 1.05. The fourth-order valence-corrected chi connectivity index (χ4v) is 3.76. The third-order valence-electron chi connectivity index (χ3n) is 5.45. The van der Waals surface area contributed by atoms with Gasteiger partial charge in [-0.05, 0) is 41.4 Å². The molecule has 1 aliphatic rings. The molecule has 0 spiro atoms. The summed E-state index contributed by atoms with van der Waals surface area (Å²) in [6, 6.07) is 0. The molecule has 1 fully saturated rings. The Hall–Kier alpha value is 0. The Bertz CT molecular complexity index is 200. The molecule has 0 N–H and O–H groups in total. The third-order valence-corrected chi connectivity index (χ3v) is 5.45. The summed E-state index contributed by atoms with van der Waals surface area (Å²) >= 11 is 0. The zero-order chi connectivity index (χ0) is 11.1. The molecule has 1 rings (SSSR count). The Morgan fingerprint density at radius 1 is 1.00 bits per heavy atom. The van der Waals surface area contributed by atoms with Crippen LogP contribution in [0.1, 0.15) is 61.3 Å². The smallest absolute Gasteiger partial charge is 0.0249 e. The molecule has 0 aromatic carbocycles. The van der Waals surface area contributed by atoms with Crippen LogP contribution in [0.15, 0.2) is 0 Å². The van der Waals surface area contributed by atoms with E-state index in [2.05, 4.69) is 48.5 Å². The van der Waals surface area contributed by atoms with Gasteiger partial charge in [-0.2, -0.15) is 0 Å². The van der Waals surface area contributed by atoms with E-state index in [0.717, 1.165) is 17.8 Å². The normalized spacial score (nSPS) is 37.1. The first kappa shape index (κ1) is 12.1. The molecule has 1 saturated carbocycles. The molecule has 0 aromatic heterocycles. The highest BCUT2D eigenvalue weighted by atomic mass is 14.6. The molecule has 2 atom stereocenters. The standard InChI is InChI=1S/C14H28/c1-10(2)12-8-9-14(7,11(3)4)13(12,5)6/h10-12H,8-9H2,1-7H3/t12-,14+/m0/s1. The molecule has 0 nitrogen and oxygen atoms in total. The zero-order valence-electron chi connectivity index (χ0n) is 11.1. The lowest BCUT2D eigenvalue weighted by molar-refractivity contribution is 0.0264. The average molecular weight is 196 g/mol. The van der Waals surface area contributed by atoms with Crippen LogP contribution >= 0.6 is 0 Å². The Morgan fingerprint density at radius 3 is 1.71 bits per heavy atom. The van der Waals surface area contributed by atoms with Gasteiger partial charge < -0.3 is 0 Å². The van der Waals surface area contributed by atoms with Crippen molar-refractivity contribution in [1.82, 2.24) is 0 Å². The van der Waals surface area contributed by atoms with Crippen LogP contribution in [0.3, 0.4) is 0 Å². The van der Waals surface area contributed by atoms with Gasteiger partial charge in [-0.15, -0.1) is 0 Å². The first-order valence-corrected chi connectivity index (χ1v) is 6.23. The lowest BCUT2D eigenvalue weighted by Crippen LogP contribution is -2.39. The van der Waals surface area contributed by atoms with Crippen molar-refractivity contribution in [2.75, 3.05) is 0 Å². The predicted molar refractivity (Wildman–Crippen MR) is 64.3 cm³/mol. The summed E-state index contributed by atoms with van der Waals surface area (Å²) in [6.07, 6.45) is 2.85. The van der Waals surface area contributed by atoms with Crippen molar-refractivity contribution in [2.45, 2.75) is 61.3 Å².